The van der Waals surface area contributed by atoms with E-state index in [2.05, 4.69) is 20.3 Å². The molecular weight excluding hydrogens is 451 g/mol. The van der Waals surface area contributed by atoms with Crippen LogP contribution in [-0.4, -0.2) is 40.9 Å². The fraction of sp³-hybridized carbons (Fsp3) is 0.261. The lowest BCUT2D eigenvalue weighted by molar-refractivity contribution is -0.137. The highest BCUT2D eigenvalue weighted by Crippen LogP contribution is 2.34. The zero-order valence-electron chi connectivity index (χ0n) is 17.6. The number of anilines is 1. The van der Waals surface area contributed by atoms with Crippen molar-refractivity contribution in [2.45, 2.75) is 18.6 Å². The number of rotatable bonds is 4. The summed E-state index contributed by atoms with van der Waals surface area (Å²) in [4.78, 5) is 20.5. The summed E-state index contributed by atoms with van der Waals surface area (Å²) < 4.78 is 40.3. The Morgan fingerprint density at radius 1 is 1.12 bits per heavy atom. The van der Waals surface area contributed by atoms with Gasteiger partial charge < -0.3 is 10.2 Å². The van der Waals surface area contributed by atoms with Gasteiger partial charge in [0.25, 0.3) is 5.56 Å². The maximum Gasteiger partial charge on any atom is 0.416 e. The van der Waals surface area contributed by atoms with E-state index in [-0.39, 0.29) is 5.56 Å². The Morgan fingerprint density at radius 2 is 1.91 bits per heavy atom. The van der Waals surface area contributed by atoms with Gasteiger partial charge in [0.15, 0.2) is 0 Å². The molecule has 6 nitrogen and oxygen atoms in total. The molecule has 1 fully saturated rings. The fourth-order valence-electron chi connectivity index (χ4n) is 3.98. The third-order valence-corrected chi connectivity index (χ3v) is 7.04. The molecule has 0 spiro atoms. The Hall–Kier alpha value is -3.24. The summed E-state index contributed by atoms with van der Waals surface area (Å²) >= 11 is 1.24. The van der Waals surface area contributed by atoms with E-state index in [1.54, 1.807) is 18.5 Å². The highest BCUT2D eigenvalue weighted by Gasteiger charge is 2.30. The van der Waals surface area contributed by atoms with Gasteiger partial charge in [-0.3, -0.25) is 4.79 Å². The minimum atomic E-state index is -4.39. The van der Waals surface area contributed by atoms with E-state index in [1.807, 2.05) is 19.2 Å². The van der Waals surface area contributed by atoms with Gasteiger partial charge in [-0.1, -0.05) is 12.1 Å². The van der Waals surface area contributed by atoms with E-state index in [0.29, 0.717) is 32.3 Å². The van der Waals surface area contributed by atoms with Gasteiger partial charge in [-0.25, -0.2) is 4.98 Å². The Morgan fingerprint density at radius 3 is 2.55 bits per heavy atom. The number of hydrogen-bond acceptors (Lipinski definition) is 6. The molecule has 0 amide bonds. The standard InChI is InChI=1S/C23H20F3N5OS/c1-27-17-8-9-30(13-17)20-7-6-18(12-28-20)31-22(32)21-15(11-29-31)10-19(33-21)14-2-4-16(5-3-14)23(24,25)26/h2-7,10-12,17,27H,8-9,13H2,1H3/t17-/m0/s1. The van der Waals surface area contributed by atoms with Gasteiger partial charge >= 0.3 is 6.18 Å². The molecule has 4 heterocycles. The van der Waals surface area contributed by atoms with Crippen molar-refractivity contribution >= 4 is 27.2 Å². The molecule has 1 saturated heterocycles. The summed E-state index contributed by atoms with van der Waals surface area (Å²) in [6, 6.07) is 10.8. The number of likely N-dealkylation sites (N-methyl/N-ethyl adjacent to an activating group) is 1. The highest BCUT2D eigenvalue weighted by atomic mass is 32.1. The van der Waals surface area contributed by atoms with Gasteiger partial charge in [0.2, 0.25) is 0 Å². The first-order chi connectivity index (χ1) is 15.8. The number of thiophene rings is 1. The number of nitrogens with one attached hydrogen (secondary N) is 1. The first kappa shape index (κ1) is 21.6. The maximum absolute atomic E-state index is 13.1. The Bertz CT molecular complexity index is 1350. The van der Waals surface area contributed by atoms with Crippen LogP contribution in [0.5, 0.6) is 0 Å². The summed E-state index contributed by atoms with van der Waals surface area (Å²) in [6.07, 6.45) is -0.111. The number of pyridine rings is 1. The number of aromatic nitrogens is 3. The lowest BCUT2D eigenvalue weighted by atomic mass is 10.1. The second-order valence-electron chi connectivity index (χ2n) is 7.93. The predicted octanol–water partition coefficient (Wildman–Crippen LogP) is 4.33. The number of alkyl halides is 3. The number of nitrogens with zero attached hydrogens (tertiary/aromatic N) is 4. The molecule has 1 aromatic carbocycles. The first-order valence-electron chi connectivity index (χ1n) is 10.4. The van der Waals surface area contributed by atoms with Gasteiger partial charge in [-0.05, 0) is 49.4 Å². The predicted molar refractivity (Wildman–Crippen MR) is 123 cm³/mol. The van der Waals surface area contributed by atoms with Crippen LogP contribution in [0.25, 0.3) is 26.2 Å². The quantitative estimate of drug-likeness (QED) is 0.480. The van der Waals surface area contributed by atoms with Crippen molar-refractivity contribution in [2.75, 3.05) is 25.0 Å². The van der Waals surface area contributed by atoms with Crippen molar-refractivity contribution in [3.63, 3.8) is 0 Å². The SMILES string of the molecule is CN[C@H]1CCN(c2ccc(-n3ncc4cc(-c5ccc(C(F)(F)F)cc5)sc4c3=O)cn2)C1. The molecule has 3 aromatic heterocycles. The lowest BCUT2D eigenvalue weighted by Gasteiger charge is -2.17. The van der Waals surface area contributed by atoms with Crippen molar-refractivity contribution in [3.05, 3.63) is 70.8 Å². The maximum atomic E-state index is 13.1. The average molecular weight is 472 g/mol. The summed E-state index contributed by atoms with van der Waals surface area (Å²) in [5.41, 5.74) is 0.176. The van der Waals surface area contributed by atoms with Crippen LogP contribution in [0.4, 0.5) is 19.0 Å². The van der Waals surface area contributed by atoms with Crippen LogP contribution in [-0.2, 0) is 6.18 Å². The van der Waals surface area contributed by atoms with Gasteiger partial charge in [0.05, 0.1) is 23.6 Å². The van der Waals surface area contributed by atoms with Gasteiger partial charge in [0, 0.05) is 29.4 Å². The second kappa shape index (κ2) is 8.27. The molecule has 1 atom stereocenters. The Labute approximate surface area is 191 Å². The molecule has 0 radical (unpaired) electrons. The highest BCUT2D eigenvalue weighted by molar-refractivity contribution is 7.22. The third-order valence-electron chi connectivity index (χ3n) is 5.85. The van der Waals surface area contributed by atoms with E-state index in [0.717, 1.165) is 37.5 Å². The van der Waals surface area contributed by atoms with Crippen LogP contribution in [0, 0.1) is 0 Å². The molecule has 4 aromatic rings. The van der Waals surface area contributed by atoms with E-state index < -0.39 is 11.7 Å². The van der Waals surface area contributed by atoms with Crippen LogP contribution in [0.15, 0.2) is 59.7 Å². The first-order valence-corrected chi connectivity index (χ1v) is 11.2. The van der Waals surface area contributed by atoms with E-state index in [9.17, 15) is 18.0 Å². The van der Waals surface area contributed by atoms with Crippen LogP contribution in [0.2, 0.25) is 0 Å². The van der Waals surface area contributed by atoms with Crippen LogP contribution < -0.4 is 15.8 Å². The molecule has 1 aliphatic heterocycles. The lowest BCUT2D eigenvalue weighted by Crippen LogP contribution is -2.29. The van der Waals surface area contributed by atoms with Gasteiger partial charge in [-0.15, -0.1) is 11.3 Å². The minimum Gasteiger partial charge on any atom is -0.355 e. The fourth-order valence-corrected chi connectivity index (χ4v) is 5.04. The molecule has 0 aliphatic carbocycles. The largest absolute Gasteiger partial charge is 0.416 e. The van der Waals surface area contributed by atoms with E-state index in [4.69, 9.17) is 0 Å². The molecule has 0 unspecified atom stereocenters. The van der Waals surface area contributed by atoms with Crippen molar-refractivity contribution in [1.82, 2.24) is 20.1 Å². The molecule has 170 valence electrons. The Balaban J connectivity index is 1.44. The number of benzene rings is 1. The molecule has 10 heteroatoms. The third kappa shape index (κ3) is 4.11. The van der Waals surface area contributed by atoms with Crippen LogP contribution in [0.3, 0.4) is 0 Å². The summed E-state index contributed by atoms with van der Waals surface area (Å²) in [6.45, 7) is 1.80. The molecule has 0 bridgehead atoms. The molecule has 1 N–H and O–H groups in total. The van der Waals surface area contributed by atoms with Gasteiger partial charge in [0.1, 0.15) is 10.5 Å². The van der Waals surface area contributed by atoms with Crippen molar-refractivity contribution in [1.29, 1.82) is 0 Å². The average Bonchev–Trinajstić information content (AvgIpc) is 3.47. The molecular formula is C23H20F3N5OS. The topological polar surface area (TPSA) is 63.1 Å². The smallest absolute Gasteiger partial charge is 0.355 e. The summed E-state index contributed by atoms with van der Waals surface area (Å²) in [5, 5.41) is 8.20. The second-order valence-corrected chi connectivity index (χ2v) is 8.98. The summed E-state index contributed by atoms with van der Waals surface area (Å²) in [5.74, 6) is 0.853. The zero-order valence-corrected chi connectivity index (χ0v) is 18.5. The molecule has 5 rings (SSSR count). The molecule has 0 saturated carbocycles. The number of hydrogen-bond donors (Lipinski definition) is 1. The summed E-state index contributed by atoms with van der Waals surface area (Å²) in [7, 11) is 1.95. The van der Waals surface area contributed by atoms with E-state index in [1.165, 1.54) is 28.2 Å². The Kier molecular flexibility index (Phi) is 5.41. The monoisotopic (exact) mass is 471 g/mol. The van der Waals surface area contributed by atoms with Crippen molar-refractivity contribution in [3.8, 4) is 16.1 Å². The van der Waals surface area contributed by atoms with Gasteiger partial charge in [-0.2, -0.15) is 23.0 Å². The van der Waals surface area contributed by atoms with E-state index >= 15 is 0 Å². The van der Waals surface area contributed by atoms with Crippen LogP contribution in [0.1, 0.15) is 12.0 Å². The molecule has 33 heavy (non-hydrogen) atoms. The molecule has 1 aliphatic rings. The number of fused-ring (bicyclic) bond motifs is 1. The van der Waals surface area contributed by atoms with Crippen molar-refractivity contribution in [2.24, 2.45) is 0 Å². The normalized spacial score (nSPS) is 16.6. The number of halogens is 3. The zero-order chi connectivity index (χ0) is 23.2. The van der Waals surface area contributed by atoms with Crippen LogP contribution >= 0.6 is 11.3 Å². The van der Waals surface area contributed by atoms with Crippen molar-refractivity contribution < 1.29 is 13.2 Å². The minimum absolute atomic E-state index is 0.290.